The van der Waals surface area contributed by atoms with Crippen molar-refractivity contribution in [3.05, 3.63) is 47.2 Å². The molecule has 1 heterocycles. The van der Waals surface area contributed by atoms with Gasteiger partial charge in [0.05, 0.1) is 11.4 Å². The number of unbranched alkanes of at least 4 members (excludes halogenated alkanes) is 1. The van der Waals surface area contributed by atoms with Crippen molar-refractivity contribution in [2.24, 2.45) is 11.8 Å². The molecule has 3 rings (SSSR count). The summed E-state index contributed by atoms with van der Waals surface area (Å²) < 4.78 is 28.8. The van der Waals surface area contributed by atoms with Gasteiger partial charge in [-0.2, -0.15) is 10.2 Å². The van der Waals surface area contributed by atoms with Crippen molar-refractivity contribution in [1.82, 2.24) is 10.2 Å². The molecular weight excluding hydrogens is 354 g/mol. The number of aromatic nitrogens is 2. The first-order valence-corrected chi connectivity index (χ1v) is 10.9. The molecule has 0 bridgehead atoms. The van der Waals surface area contributed by atoms with Gasteiger partial charge in [0.25, 0.3) is 0 Å². The van der Waals surface area contributed by atoms with Crippen molar-refractivity contribution in [2.45, 2.75) is 78.1 Å². The summed E-state index contributed by atoms with van der Waals surface area (Å²) in [5.74, 6) is 0.133. The van der Waals surface area contributed by atoms with Gasteiger partial charge >= 0.3 is 0 Å². The average Bonchev–Trinajstić information content (AvgIpc) is 2.74. The topological polar surface area (TPSA) is 25.8 Å². The van der Waals surface area contributed by atoms with Crippen LogP contribution in [0.15, 0.2) is 24.3 Å². The molecule has 28 heavy (non-hydrogen) atoms. The first-order chi connectivity index (χ1) is 13.6. The Bertz CT molecular complexity index is 750. The molecule has 1 aromatic carbocycles. The van der Waals surface area contributed by atoms with Gasteiger partial charge in [0.1, 0.15) is 0 Å². The maximum Gasteiger partial charge on any atom is 0.168 e. The minimum absolute atomic E-state index is 0.190. The van der Waals surface area contributed by atoms with Gasteiger partial charge in [-0.15, -0.1) is 0 Å². The number of nitrogens with zero attached hydrogens (tertiary/aromatic N) is 2. The smallest absolute Gasteiger partial charge is 0.168 e. The van der Waals surface area contributed by atoms with Crippen LogP contribution in [0.2, 0.25) is 0 Å². The number of hydrogen-bond acceptors (Lipinski definition) is 2. The van der Waals surface area contributed by atoms with E-state index in [9.17, 15) is 8.78 Å². The van der Waals surface area contributed by atoms with E-state index in [2.05, 4.69) is 17.1 Å². The zero-order valence-electron chi connectivity index (χ0n) is 17.2. The Morgan fingerprint density at radius 2 is 1.61 bits per heavy atom. The second-order valence-electron chi connectivity index (χ2n) is 8.25. The highest BCUT2D eigenvalue weighted by molar-refractivity contribution is 5.60. The summed E-state index contributed by atoms with van der Waals surface area (Å²) in [5.41, 5.74) is 1.95. The average molecular weight is 387 g/mol. The molecule has 2 aromatic rings. The van der Waals surface area contributed by atoms with E-state index in [1.54, 1.807) is 18.2 Å². The molecule has 0 radical (unpaired) electrons. The zero-order chi connectivity index (χ0) is 19.9. The molecule has 0 amide bonds. The summed E-state index contributed by atoms with van der Waals surface area (Å²) in [7, 11) is 0. The third-order valence-electron chi connectivity index (χ3n) is 6.31. The molecule has 1 aliphatic carbocycles. The Morgan fingerprint density at radius 3 is 2.25 bits per heavy atom. The molecule has 0 aliphatic heterocycles. The Labute approximate surface area is 167 Å². The summed E-state index contributed by atoms with van der Waals surface area (Å²) in [4.78, 5) is 0. The largest absolute Gasteiger partial charge is 0.203 e. The monoisotopic (exact) mass is 386 g/mol. The number of halogens is 2. The molecule has 0 saturated heterocycles. The van der Waals surface area contributed by atoms with Gasteiger partial charge in [-0.25, -0.2) is 8.78 Å². The van der Waals surface area contributed by atoms with Gasteiger partial charge in [-0.3, -0.25) is 0 Å². The third kappa shape index (κ3) is 5.15. The van der Waals surface area contributed by atoms with E-state index in [4.69, 9.17) is 0 Å². The standard InChI is InChI=1S/C24H32F2N2/c1-3-5-6-19-12-15-21(24(26)23(19)25)22-16-14-20(27-28-22)13-11-18-9-7-17(4-2)8-10-18/h12,14-18H,3-11,13H2,1-2H3. The molecule has 4 heteroatoms. The fraction of sp³-hybridized carbons (Fsp3) is 0.583. The fourth-order valence-electron chi connectivity index (χ4n) is 4.26. The van der Waals surface area contributed by atoms with E-state index >= 15 is 0 Å². The zero-order valence-corrected chi connectivity index (χ0v) is 17.2. The summed E-state index contributed by atoms with van der Waals surface area (Å²) in [6.07, 6.45) is 11.1. The minimum atomic E-state index is -0.816. The Kier molecular flexibility index (Phi) is 7.52. The molecule has 0 atom stereocenters. The molecule has 1 fully saturated rings. The van der Waals surface area contributed by atoms with Crippen LogP contribution in [0.5, 0.6) is 0 Å². The predicted molar refractivity (Wildman–Crippen MR) is 110 cm³/mol. The first kappa shape index (κ1) is 20.9. The van der Waals surface area contributed by atoms with Crippen molar-refractivity contribution in [2.75, 3.05) is 0 Å². The predicted octanol–water partition coefficient (Wildman–Crippen LogP) is 6.91. The molecule has 0 N–H and O–H groups in total. The van der Waals surface area contributed by atoms with Crippen LogP contribution in [0.4, 0.5) is 8.78 Å². The van der Waals surface area contributed by atoms with E-state index in [0.29, 0.717) is 17.7 Å². The van der Waals surface area contributed by atoms with Crippen LogP contribution in [0.25, 0.3) is 11.3 Å². The highest BCUT2D eigenvalue weighted by atomic mass is 19.2. The fourth-order valence-corrected chi connectivity index (χ4v) is 4.26. The van der Waals surface area contributed by atoms with Gasteiger partial charge in [-0.1, -0.05) is 58.4 Å². The number of aryl methyl sites for hydroxylation is 2. The molecule has 1 saturated carbocycles. The van der Waals surface area contributed by atoms with E-state index in [0.717, 1.165) is 43.2 Å². The van der Waals surface area contributed by atoms with Crippen molar-refractivity contribution in [3.63, 3.8) is 0 Å². The lowest BCUT2D eigenvalue weighted by Crippen LogP contribution is -2.14. The van der Waals surface area contributed by atoms with Crippen molar-refractivity contribution in [1.29, 1.82) is 0 Å². The van der Waals surface area contributed by atoms with Crippen LogP contribution in [0.1, 0.15) is 76.5 Å². The lowest BCUT2D eigenvalue weighted by atomic mass is 9.79. The Morgan fingerprint density at radius 1 is 0.857 bits per heavy atom. The first-order valence-electron chi connectivity index (χ1n) is 10.9. The normalized spacial score (nSPS) is 19.7. The number of rotatable bonds is 8. The van der Waals surface area contributed by atoms with Crippen LogP contribution in [-0.2, 0) is 12.8 Å². The molecule has 1 aliphatic rings. The Balaban J connectivity index is 1.60. The summed E-state index contributed by atoms with van der Waals surface area (Å²) in [6, 6.07) is 6.97. The van der Waals surface area contributed by atoms with Crippen molar-refractivity contribution in [3.8, 4) is 11.3 Å². The van der Waals surface area contributed by atoms with E-state index in [1.165, 1.54) is 32.1 Å². The van der Waals surface area contributed by atoms with Crippen LogP contribution >= 0.6 is 0 Å². The van der Waals surface area contributed by atoms with Crippen LogP contribution in [0, 0.1) is 23.5 Å². The SMILES string of the molecule is CCCCc1ccc(-c2ccc(CCC3CCC(CC)CC3)nn2)c(F)c1F. The highest BCUT2D eigenvalue weighted by Gasteiger charge is 2.20. The third-order valence-corrected chi connectivity index (χ3v) is 6.31. The maximum atomic E-state index is 14.5. The quantitative estimate of drug-likeness (QED) is 0.492. The molecule has 152 valence electrons. The van der Waals surface area contributed by atoms with E-state index in [-0.39, 0.29) is 5.56 Å². The minimum Gasteiger partial charge on any atom is -0.203 e. The number of benzene rings is 1. The summed E-state index contributed by atoms with van der Waals surface area (Å²) >= 11 is 0. The Hall–Kier alpha value is -1.84. The second kappa shape index (κ2) is 10.1. The molecular formula is C24H32F2N2. The van der Waals surface area contributed by atoms with E-state index < -0.39 is 11.6 Å². The van der Waals surface area contributed by atoms with E-state index in [1.807, 2.05) is 13.0 Å². The highest BCUT2D eigenvalue weighted by Crippen LogP contribution is 2.33. The van der Waals surface area contributed by atoms with Crippen LogP contribution < -0.4 is 0 Å². The molecule has 2 nitrogen and oxygen atoms in total. The molecule has 0 spiro atoms. The van der Waals surface area contributed by atoms with Gasteiger partial charge < -0.3 is 0 Å². The lowest BCUT2D eigenvalue weighted by molar-refractivity contribution is 0.258. The van der Waals surface area contributed by atoms with Gasteiger partial charge in [0, 0.05) is 5.56 Å². The lowest BCUT2D eigenvalue weighted by Gasteiger charge is -2.27. The van der Waals surface area contributed by atoms with Crippen molar-refractivity contribution < 1.29 is 8.78 Å². The van der Waals surface area contributed by atoms with Crippen LogP contribution in [-0.4, -0.2) is 10.2 Å². The van der Waals surface area contributed by atoms with Gasteiger partial charge in [-0.05, 0) is 61.3 Å². The van der Waals surface area contributed by atoms with Gasteiger partial charge in [0.2, 0.25) is 0 Å². The second-order valence-corrected chi connectivity index (χ2v) is 8.25. The molecule has 1 aromatic heterocycles. The van der Waals surface area contributed by atoms with Crippen molar-refractivity contribution >= 4 is 0 Å². The molecule has 0 unspecified atom stereocenters. The maximum absolute atomic E-state index is 14.5. The van der Waals surface area contributed by atoms with Gasteiger partial charge in [0.15, 0.2) is 11.6 Å². The summed E-state index contributed by atoms with van der Waals surface area (Å²) in [5, 5.41) is 8.45. The number of hydrogen-bond donors (Lipinski definition) is 0. The van der Waals surface area contributed by atoms with Crippen LogP contribution in [0.3, 0.4) is 0 Å². The summed E-state index contributed by atoms with van der Waals surface area (Å²) in [6.45, 7) is 4.32.